The van der Waals surface area contributed by atoms with Crippen molar-refractivity contribution >= 4 is 21.8 Å². The smallest absolute Gasteiger partial charge is 0.244 e. The summed E-state index contributed by atoms with van der Waals surface area (Å²) >= 11 is 0. The molecule has 2 heterocycles. The number of likely N-dealkylation sites (N-methyl/N-ethyl adjacent to an activating group) is 1. The first-order valence-electron chi connectivity index (χ1n) is 7.76. The highest BCUT2D eigenvalue weighted by molar-refractivity contribution is 7.89. The quantitative estimate of drug-likeness (QED) is 0.671. The monoisotopic (exact) mass is 380 g/mol. The molecule has 0 radical (unpaired) electrons. The molecule has 2 amide bonds. The van der Waals surface area contributed by atoms with Crippen LogP contribution in [0.5, 0.6) is 0 Å². The van der Waals surface area contributed by atoms with Gasteiger partial charge in [-0.25, -0.2) is 8.42 Å². The first-order chi connectivity index (χ1) is 12.3. The number of nitrogens with one attached hydrogen (secondary N) is 2. The van der Waals surface area contributed by atoms with Crippen LogP contribution in [0.15, 0.2) is 52.2 Å². The molecule has 9 nitrogen and oxygen atoms in total. The molecule has 2 rings (SSSR count). The van der Waals surface area contributed by atoms with Gasteiger partial charge < -0.3 is 15.1 Å². The average Bonchev–Trinajstić information content (AvgIpc) is 3.13. The fourth-order valence-electron chi connectivity index (χ4n) is 2.06. The minimum Gasteiger partial charge on any atom is -0.467 e. The van der Waals surface area contributed by atoms with Gasteiger partial charge in [-0.3, -0.25) is 14.6 Å². The summed E-state index contributed by atoms with van der Waals surface area (Å²) in [5.74, 6) is -0.424. The number of nitrogens with zero attached hydrogens (tertiary/aromatic N) is 2. The number of rotatable bonds is 8. The van der Waals surface area contributed by atoms with Gasteiger partial charge in [-0.05, 0) is 31.2 Å². The van der Waals surface area contributed by atoms with Crippen LogP contribution in [-0.4, -0.2) is 49.2 Å². The fourth-order valence-corrected chi connectivity index (χ4v) is 3.15. The third-order valence-electron chi connectivity index (χ3n) is 3.50. The zero-order chi connectivity index (χ0) is 19.2. The Hall–Kier alpha value is -2.72. The largest absolute Gasteiger partial charge is 0.467 e. The Kier molecular flexibility index (Phi) is 6.47. The number of sulfonamides is 1. The lowest BCUT2D eigenvalue weighted by Crippen LogP contribution is -2.48. The Morgan fingerprint density at radius 1 is 1.31 bits per heavy atom. The number of carbonyl (C=O) groups excluding carboxylic acids is 2. The van der Waals surface area contributed by atoms with Crippen LogP contribution in [0.25, 0.3) is 0 Å². The van der Waals surface area contributed by atoms with Crippen LogP contribution < -0.4 is 10.6 Å². The predicted octanol–water partition coefficient (Wildman–Crippen LogP) is 0.116. The number of aromatic nitrogens is 1. The lowest BCUT2D eigenvalue weighted by molar-refractivity contribution is -0.128. The van der Waals surface area contributed by atoms with E-state index in [0.717, 1.165) is 4.31 Å². The van der Waals surface area contributed by atoms with E-state index in [4.69, 9.17) is 4.42 Å². The van der Waals surface area contributed by atoms with Crippen molar-refractivity contribution in [3.05, 3.63) is 48.7 Å². The Morgan fingerprint density at radius 2 is 2.08 bits per heavy atom. The summed E-state index contributed by atoms with van der Waals surface area (Å²) < 4.78 is 30.7. The number of hydrogen-bond acceptors (Lipinski definition) is 6. The molecule has 0 aromatic carbocycles. The Balaban J connectivity index is 1.86. The molecule has 0 spiro atoms. The standard InChI is InChI=1S/C16H20N4O5S/c1-12(16(22)18-9-13-5-4-8-25-13)19-15(21)11-20(2)26(23,24)14-6-3-7-17-10-14/h3-8,10,12H,9,11H2,1-2H3,(H,18,22)(H,19,21). The topological polar surface area (TPSA) is 122 Å². The Labute approximate surface area is 151 Å². The maximum absolute atomic E-state index is 12.3. The number of pyridine rings is 1. The molecule has 0 aliphatic heterocycles. The molecule has 26 heavy (non-hydrogen) atoms. The molecular weight excluding hydrogens is 360 g/mol. The number of furan rings is 1. The van der Waals surface area contributed by atoms with Crippen LogP contribution in [0.2, 0.25) is 0 Å². The Morgan fingerprint density at radius 3 is 2.69 bits per heavy atom. The highest BCUT2D eigenvalue weighted by atomic mass is 32.2. The minimum atomic E-state index is -3.83. The fraction of sp³-hybridized carbons (Fsp3) is 0.312. The second-order valence-electron chi connectivity index (χ2n) is 5.54. The molecule has 0 bridgehead atoms. The molecule has 1 atom stereocenters. The van der Waals surface area contributed by atoms with E-state index in [-0.39, 0.29) is 11.4 Å². The van der Waals surface area contributed by atoms with Gasteiger partial charge in [0.1, 0.15) is 16.7 Å². The number of carbonyl (C=O) groups is 2. The summed E-state index contributed by atoms with van der Waals surface area (Å²) in [5, 5.41) is 5.07. The predicted molar refractivity (Wildman–Crippen MR) is 92.2 cm³/mol. The van der Waals surface area contributed by atoms with Gasteiger partial charge in [0.2, 0.25) is 21.8 Å². The van der Waals surface area contributed by atoms with Crippen LogP contribution >= 0.6 is 0 Å². The van der Waals surface area contributed by atoms with Crippen LogP contribution in [0, 0.1) is 0 Å². The second kappa shape index (κ2) is 8.59. The van der Waals surface area contributed by atoms with E-state index < -0.39 is 34.4 Å². The molecule has 0 aliphatic rings. The molecule has 10 heteroatoms. The molecule has 0 saturated heterocycles. The maximum Gasteiger partial charge on any atom is 0.244 e. The van der Waals surface area contributed by atoms with Crippen molar-refractivity contribution in [2.24, 2.45) is 0 Å². The van der Waals surface area contributed by atoms with Crippen LogP contribution in [0.1, 0.15) is 12.7 Å². The van der Waals surface area contributed by atoms with Gasteiger partial charge >= 0.3 is 0 Å². The van der Waals surface area contributed by atoms with E-state index in [9.17, 15) is 18.0 Å². The second-order valence-corrected chi connectivity index (χ2v) is 7.58. The molecule has 2 aromatic rings. The summed E-state index contributed by atoms with van der Waals surface area (Å²) in [6.07, 6.45) is 4.15. The van der Waals surface area contributed by atoms with E-state index in [0.29, 0.717) is 5.76 Å². The van der Waals surface area contributed by atoms with Crippen molar-refractivity contribution in [2.45, 2.75) is 24.4 Å². The molecule has 0 aliphatic carbocycles. The summed E-state index contributed by atoms with van der Waals surface area (Å²) in [4.78, 5) is 27.8. The zero-order valence-electron chi connectivity index (χ0n) is 14.4. The van der Waals surface area contributed by atoms with Gasteiger partial charge in [-0.15, -0.1) is 0 Å². The van der Waals surface area contributed by atoms with Crippen molar-refractivity contribution in [2.75, 3.05) is 13.6 Å². The van der Waals surface area contributed by atoms with Gasteiger partial charge in [-0.2, -0.15) is 4.31 Å². The molecule has 0 saturated carbocycles. The third-order valence-corrected chi connectivity index (χ3v) is 5.28. The number of amides is 2. The maximum atomic E-state index is 12.3. The average molecular weight is 380 g/mol. The van der Waals surface area contributed by atoms with E-state index in [1.165, 1.54) is 44.8 Å². The van der Waals surface area contributed by atoms with Gasteiger partial charge in [0.25, 0.3) is 0 Å². The van der Waals surface area contributed by atoms with Crippen molar-refractivity contribution in [3.63, 3.8) is 0 Å². The molecule has 0 fully saturated rings. The summed E-state index contributed by atoms with van der Waals surface area (Å²) in [5.41, 5.74) is 0. The highest BCUT2D eigenvalue weighted by Crippen LogP contribution is 2.11. The van der Waals surface area contributed by atoms with Gasteiger partial charge in [0, 0.05) is 19.4 Å². The van der Waals surface area contributed by atoms with E-state index in [1.54, 1.807) is 12.1 Å². The van der Waals surface area contributed by atoms with Crippen LogP contribution in [0.3, 0.4) is 0 Å². The lowest BCUT2D eigenvalue weighted by Gasteiger charge is -2.18. The van der Waals surface area contributed by atoms with Crippen molar-refractivity contribution in [1.29, 1.82) is 0 Å². The normalized spacial score (nSPS) is 12.6. The van der Waals surface area contributed by atoms with Crippen molar-refractivity contribution in [3.8, 4) is 0 Å². The molecule has 140 valence electrons. The van der Waals surface area contributed by atoms with Gasteiger partial charge in [-0.1, -0.05) is 0 Å². The van der Waals surface area contributed by atoms with E-state index >= 15 is 0 Å². The van der Waals surface area contributed by atoms with Crippen LogP contribution in [0.4, 0.5) is 0 Å². The first kappa shape index (κ1) is 19.6. The van der Waals surface area contributed by atoms with Gasteiger partial charge in [0.05, 0.1) is 19.4 Å². The summed E-state index contributed by atoms with van der Waals surface area (Å²) in [6.45, 7) is 1.28. The van der Waals surface area contributed by atoms with Crippen molar-refractivity contribution in [1.82, 2.24) is 19.9 Å². The molecule has 2 N–H and O–H groups in total. The van der Waals surface area contributed by atoms with Crippen molar-refractivity contribution < 1.29 is 22.4 Å². The SMILES string of the molecule is CC(NC(=O)CN(C)S(=O)(=O)c1cccnc1)C(=O)NCc1ccco1. The summed E-state index contributed by atoms with van der Waals surface area (Å²) in [6, 6.07) is 5.47. The van der Waals surface area contributed by atoms with E-state index in [2.05, 4.69) is 15.6 Å². The molecule has 2 aromatic heterocycles. The zero-order valence-corrected chi connectivity index (χ0v) is 15.2. The van der Waals surface area contributed by atoms with Gasteiger partial charge in [0.15, 0.2) is 0 Å². The Bertz CT molecular complexity index is 837. The van der Waals surface area contributed by atoms with Crippen LogP contribution in [-0.2, 0) is 26.2 Å². The minimum absolute atomic E-state index is 0.0143. The number of hydrogen-bond donors (Lipinski definition) is 2. The highest BCUT2D eigenvalue weighted by Gasteiger charge is 2.24. The summed E-state index contributed by atoms with van der Waals surface area (Å²) in [7, 11) is -2.55. The third kappa shape index (κ3) is 5.14. The molecular formula is C16H20N4O5S. The first-order valence-corrected chi connectivity index (χ1v) is 9.20. The van der Waals surface area contributed by atoms with E-state index in [1.807, 2.05) is 0 Å². The molecule has 1 unspecified atom stereocenters. The lowest BCUT2D eigenvalue weighted by atomic mass is 10.3.